The minimum atomic E-state index is 0.0312. The number of hydrogen-bond donors (Lipinski definition) is 1. The fraction of sp³-hybridized carbons (Fsp3) is 0.786. The van der Waals surface area contributed by atoms with E-state index >= 15 is 0 Å². The molecule has 1 fully saturated rings. The highest BCUT2D eigenvalue weighted by molar-refractivity contribution is 5.81. The third-order valence-electron chi connectivity index (χ3n) is 4.16. The fourth-order valence-corrected chi connectivity index (χ4v) is 2.81. The molecule has 0 bridgehead atoms. The number of nitrogens with two attached hydrogens (primary N) is 1. The molecule has 3 nitrogen and oxygen atoms in total. The molecule has 2 aliphatic rings. The zero-order valence-electron chi connectivity index (χ0n) is 11.1. The molecule has 17 heavy (non-hydrogen) atoms. The summed E-state index contributed by atoms with van der Waals surface area (Å²) < 4.78 is 0. The average molecular weight is 236 g/mol. The highest BCUT2D eigenvalue weighted by atomic mass is 16.2. The van der Waals surface area contributed by atoms with Gasteiger partial charge in [-0.15, -0.1) is 0 Å². The first-order chi connectivity index (χ1) is 7.88. The molecular formula is C14H24N2O. The van der Waals surface area contributed by atoms with Gasteiger partial charge in [0.2, 0.25) is 5.91 Å². The van der Waals surface area contributed by atoms with E-state index in [2.05, 4.69) is 20.8 Å². The molecule has 1 aliphatic heterocycles. The number of hydrogen-bond acceptors (Lipinski definition) is 2. The molecule has 0 aromatic rings. The van der Waals surface area contributed by atoms with Crippen LogP contribution in [0.5, 0.6) is 0 Å². The summed E-state index contributed by atoms with van der Waals surface area (Å²) in [6.45, 7) is 8.62. The smallest absolute Gasteiger partial charge is 0.229 e. The minimum absolute atomic E-state index is 0.0312. The van der Waals surface area contributed by atoms with Gasteiger partial charge in [-0.3, -0.25) is 4.79 Å². The Morgan fingerprint density at radius 1 is 1.35 bits per heavy atom. The van der Waals surface area contributed by atoms with Crippen molar-refractivity contribution in [2.24, 2.45) is 23.0 Å². The topological polar surface area (TPSA) is 46.3 Å². The summed E-state index contributed by atoms with van der Waals surface area (Å²) in [4.78, 5) is 14.3. The monoisotopic (exact) mass is 236 g/mol. The predicted octanol–water partition coefficient (Wildman–Crippen LogP) is 1.78. The molecule has 3 unspecified atom stereocenters. The Kier molecular flexibility index (Phi) is 3.30. The Morgan fingerprint density at radius 2 is 2.06 bits per heavy atom. The van der Waals surface area contributed by atoms with Gasteiger partial charge < -0.3 is 10.6 Å². The van der Waals surface area contributed by atoms with Crippen LogP contribution in [0.3, 0.4) is 0 Å². The van der Waals surface area contributed by atoms with Gasteiger partial charge in [-0.05, 0) is 24.2 Å². The number of likely N-dealkylation sites (tertiary alicyclic amines) is 1. The second-order valence-corrected chi connectivity index (χ2v) is 6.53. The van der Waals surface area contributed by atoms with Gasteiger partial charge in [0.15, 0.2) is 0 Å². The molecule has 1 aliphatic carbocycles. The van der Waals surface area contributed by atoms with E-state index < -0.39 is 0 Å². The van der Waals surface area contributed by atoms with Crippen LogP contribution in [-0.2, 0) is 4.79 Å². The summed E-state index contributed by atoms with van der Waals surface area (Å²) in [5, 5.41) is 0. The Hall–Kier alpha value is -0.830. The molecule has 3 atom stereocenters. The summed E-state index contributed by atoms with van der Waals surface area (Å²) in [6, 6.07) is 0.0740. The van der Waals surface area contributed by atoms with Crippen molar-refractivity contribution in [2.75, 3.05) is 13.1 Å². The number of nitrogens with zero attached hydrogens (tertiary/aromatic N) is 1. The van der Waals surface area contributed by atoms with Crippen LogP contribution in [-0.4, -0.2) is 29.9 Å². The van der Waals surface area contributed by atoms with Gasteiger partial charge >= 0.3 is 0 Å². The van der Waals surface area contributed by atoms with Crippen LogP contribution in [0.15, 0.2) is 12.2 Å². The number of carbonyl (C=O) groups excluding carboxylic acids is 1. The zero-order chi connectivity index (χ0) is 12.6. The lowest BCUT2D eigenvalue weighted by molar-refractivity contribution is -0.133. The van der Waals surface area contributed by atoms with Crippen molar-refractivity contribution in [1.82, 2.24) is 4.90 Å². The van der Waals surface area contributed by atoms with Crippen molar-refractivity contribution in [3.05, 3.63) is 12.2 Å². The Bertz CT molecular complexity index is 330. The molecule has 2 N–H and O–H groups in total. The molecule has 3 heteroatoms. The van der Waals surface area contributed by atoms with Crippen molar-refractivity contribution < 1.29 is 4.79 Å². The Labute approximate surface area is 104 Å². The summed E-state index contributed by atoms with van der Waals surface area (Å²) in [5.74, 6) is 0.940. The van der Waals surface area contributed by atoms with E-state index in [0.29, 0.717) is 11.3 Å². The van der Waals surface area contributed by atoms with Crippen LogP contribution in [0.4, 0.5) is 0 Å². The first-order valence-corrected chi connectivity index (χ1v) is 6.60. The van der Waals surface area contributed by atoms with E-state index in [-0.39, 0.29) is 17.9 Å². The second-order valence-electron chi connectivity index (χ2n) is 6.53. The van der Waals surface area contributed by atoms with Crippen molar-refractivity contribution >= 4 is 5.91 Å². The third kappa shape index (κ3) is 2.71. The third-order valence-corrected chi connectivity index (χ3v) is 4.16. The largest absolute Gasteiger partial charge is 0.342 e. The molecule has 0 radical (unpaired) electrons. The second kappa shape index (κ2) is 4.45. The molecular weight excluding hydrogens is 212 g/mol. The van der Waals surface area contributed by atoms with Crippen LogP contribution in [0.2, 0.25) is 0 Å². The molecule has 2 rings (SSSR count). The van der Waals surface area contributed by atoms with E-state index in [0.717, 1.165) is 25.9 Å². The van der Waals surface area contributed by atoms with E-state index in [1.807, 2.05) is 17.1 Å². The molecule has 0 spiro atoms. The fourth-order valence-electron chi connectivity index (χ4n) is 2.81. The van der Waals surface area contributed by atoms with Gasteiger partial charge in [-0.25, -0.2) is 0 Å². The lowest BCUT2D eigenvalue weighted by Gasteiger charge is -2.27. The van der Waals surface area contributed by atoms with Gasteiger partial charge in [-0.1, -0.05) is 32.9 Å². The van der Waals surface area contributed by atoms with Crippen molar-refractivity contribution in [2.45, 2.75) is 39.7 Å². The lowest BCUT2D eigenvalue weighted by atomic mass is 9.80. The van der Waals surface area contributed by atoms with Crippen LogP contribution >= 0.6 is 0 Å². The van der Waals surface area contributed by atoms with E-state index in [1.54, 1.807) is 0 Å². The first kappa shape index (κ1) is 12.6. The van der Waals surface area contributed by atoms with Crippen LogP contribution in [0.1, 0.15) is 33.6 Å². The molecule has 1 heterocycles. The number of rotatable bonds is 1. The first-order valence-electron chi connectivity index (χ1n) is 6.60. The van der Waals surface area contributed by atoms with Gasteiger partial charge in [-0.2, -0.15) is 0 Å². The number of amides is 1. The van der Waals surface area contributed by atoms with Crippen LogP contribution < -0.4 is 5.73 Å². The van der Waals surface area contributed by atoms with E-state index in [1.165, 1.54) is 0 Å². The van der Waals surface area contributed by atoms with E-state index in [4.69, 9.17) is 5.73 Å². The van der Waals surface area contributed by atoms with Gasteiger partial charge in [0, 0.05) is 19.1 Å². The lowest BCUT2D eigenvalue weighted by Crippen LogP contribution is -2.35. The number of carbonyl (C=O) groups is 1. The van der Waals surface area contributed by atoms with Gasteiger partial charge in [0.25, 0.3) is 0 Å². The molecule has 1 amide bonds. The quantitative estimate of drug-likeness (QED) is 0.705. The molecule has 0 aromatic heterocycles. The maximum Gasteiger partial charge on any atom is 0.229 e. The maximum absolute atomic E-state index is 12.3. The van der Waals surface area contributed by atoms with Crippen LogP contribution in [0.25, 0.3) is 0 Å². The normalized spacial score (nSPS) is 33.4. The van der Waals surface area contributed by atoms with Crippen molar-refractivity contribution in [1.29, 1.82) is 0 Å². The highest BCUT2D eigenvalue weighted by Crippen LogP contribution is 2.34. The predicted molar refractivity (Wildman–Crippen MR) is 69.4 cm³/mol. The zero-order valence-corrected chi connectivity index (χ0v) is 11.1. The SMILES string of the molecule is CC(C)(C)C1CCN(C(=O)C2C=CC(N)C2)C1. The average Bonchev–Trinajstić information content (AvgIpc) is 2.83. The summed E-state index contributed by atoms with van der Waals surface area (Å²) in [7, 11) is 0. The maximum atomic E-state index is 12.3. The molecule has 0 aromatic carbocycles. The Balaban J connectivity index is 1.93. The van der Waals surface area contributed by atoms with Crippen LogP contribution in [0, 0.1) is 17.3 Å². The Morgan fingerprint density at radius 3 is 2.53 bits per heavy atom. The molecule has 96 valence electrons. The molecule has 1 saturated heterocycles. The summed E-state index contributed by atoms with van der Waals surface area (Å²) in [5.41, 5.74) is 6.10. The molecule has 0 saturated carbocycles. The van der Waals surface area contributed by atoms with Crippen molar-refractivity contribution in [3.8, 4) is 0 Å². The van der Waals surface area contributed by atoms with Crippen molar-refractivity contribution in [3.63, 3.8) is 0 Å². The summed E-state index contributed by atoms with van der Waals surface area (Å²) in [6.07, 6.45) is 5.87. The standard InChI is InChI=1S/C14H24N2O/c1-14(2,3)11-6-7-16(9-11)13(17)10-4-5-12(15)8-10/h4-5,10-12H,6-9,15H2,1-3H3. The highest BCUT2D eigenvalue weighted by Gasteiger charge is 2.36. The van der Waals surface area contributed by atoms with E-state index in [9.17, 15) is 4.79 Å². The summed E-state index contributed by atoms with van der Waals surface area (Å²) >= 11 is 0. The van der Waals surface area contributed by atoms with Gasteiger partial charge in [0.05, 0.1) is 5.92 Å². The van der Waals surface area contributed by atoms with Gasteiger partial charge in [0.1, 0.15) is 0 Å². The minimum Gasteiger partial charge on any atom is -0.342 e.